The molecule has 1 aromatic carbocycles. The fourth-order valence-corrected chi connectivity index (χ4v) is 5.31. The van der Waals surface area contributed by atoms with Crippen molar-refractivity contribution in [3.05, 3.63) is 86.2 Å². The first kappa shape index (κ1) is 24.7. The highest BCUT2D eigenvalue weighted by molar-refractivity contribution is 7.18. The number of carbonyl (C=O) groups is 2. The molecule has 37 heavy (non-hydrogen) atoms. The summed E-state index contributed by atoms with van der Waals surface area (Å²) in [7, 11) is 0. The molecule has 0 unspecified atom stereocenters. The third-order valence-corrected chi connectivity index (χ3v) is 7.54. The Balaban J connectivity index is 1.42. The monoisotopic (exact) mass is 537 g/mol. The Labute approximate surface area is 221 Å². The first-order valence-electron chi connectivity index (χ1n) is 11.7. The maximum Gasteiger partial charge on any atom is 0.261 e. The number of thiophene rings is 1. The van der Waals surface area contributed by atoms with Crippen LogP contribution in [-0.2, 0) is 11.3 Å². The van der Waals surface area contributed by atoms with Gasteiger partial charge in [0.2, 0.25) is 5.91 Å². The van der Waals surface area contributed by atoms with Gasteiger partial charge in [-0.2, -0.15) is 0 Å². The summed E-state index contributed by atoms with van der Waals surface area (Å²) in [4.78, 5) is 39.2. The van der Waals surface area contributed by atoms with Gasteiger partial charge in [0.1, 0.15) is 5.69 Å². The number of nitrogens with two attached hydrogens (primary N) is 1. The summed E-state index contributed by atoms with van der Waals surface area (Å²) in [5, 5.41) is 11.3. The second-order valence-corrected chi connectivity index (χ2v) is 10.4. The summed E-state index contributed by atoms with van der Waals surface area (Å²) < 4.78 is 3.77. The molecular weight excluding hydrogens is 514 g/mol. The van der Waals surface area contributed by atoms with E-state index in [0.29, 0.717) is 46.5 Å². The predicted octanol–water partition coefficient (Wildman–Crippen LogP) is 2.76. The van der Waals surface area contributed by atoms with Crippen LogP contribution in [-0.4, -0.2) is 44.5 Å². The third-order valence-electron chi connectivity index (χ3n) is 6.31. The Kier molecular flexibility index (Phi) is 7.06. The van der Waals surface area contributed by atoms with Gasteiger partial charge in [-0.3, -0.25) is 19.0 Å². The van der Waals surface area contributed by atoms with Gasteiger partial charge >= 0.3 is 0 Å². The molecule has 0 bridgehead atoms. The van der Waals surface area contributed by atoms with Gasteiger partial charge in [0.25, 0.3) is 11.5 Å². The average Bonchev–Trinajstić information content (AvgIpc) is 3.56. The molecule has 10 nitrogen and oxygen atoms in total. The molecule has 4 aromatic rings. The molecule has 12 heteroatoms. The van der Waals surface area contributed by atoms with Crippen molar-refractivity contribution in [2.24, 2.45) is 11.7 Å². The number of primary amides is 1. The maximum absolute atomic E-state index is 12.4. The van der Waals surface area contributed by atoms with Gasteiger partial charge in [0.15, 0.2) is 0 Å². The normalized spacial score (nSPS) is 14.0. The number of amides is 2. The highest BCUT2D eigenvalue weighted by Crippen LogP contribution is 2.31. The number of piperidine rings is 1. The van der Waals surface area contributed by atoms with E-state index in [9.17, 15) is 14.4 Å². The molecule has 5 rings (SSSR count). The van der Waals surface area contributed by atoms with E-state index >= 15 is 0 Å². The second kappa shape index (κ2) is 10.6. The molecule has 1 saturated heterocycles. The van der Waals surface area contributed by atoms with Gasteiger partial charge in [-0.05, 0) is 49.2 Å². The highest BCUT2D eigenvalue weighted by Gasteiger charge is 2.25. The Bertz CT molecular complexity index is 1500. The molecule has 1 aliphatic heterocycles. The molecule has 1 aliphatic rings. The van der Waals surface area contributed by atoms with Crippen LogP contribution in [0.3, 0.4) is 0 Å². The summed E-state index contributed by atoms with van der Waals surface area (Å²) in [6.45, 7) is 1.47. The van der Waals surface area contributed by atoms with Crippen molar-refractivity contribution < 1.29 is 9.59 Å². The van der Waals surface area contributed by atoms with E-state index in [1.54, 1.807) is 45.9 Å². The number of nitrogens with zero attached hydrogens (tertiary/aromatic N) is 5. The van der Waals surface area contributed by atoms with Crippen LogP contribution in [0.15, 0.2) is 65.7 Å². The summed E-state index contributed by atoms with van der Waals surface area (Å²) in [6, 6.07) is 14.0. The number of carbonyl (C=O) groups excluding carboxylic acids is 2. The molecule has 1 fully saturated rings. The molecule has 2 amide bonds. The second-order valence-electron chi connectivity index (χ2n) is 8.69. The number of nitrogens with one attached hydrogen (secondary N) is 1. The largest absolute Gasteiger partial charge is 0.370 e. The van der Waals surface area contributed by atoms with Gasteiger partial charge in [-0.15, -0.1) is 16.4 Å². The number of rotatable bonds is 7. The first-order valence-corrected chi connectivity index (χ1v) is 12.9. The van der Waals surface area contributed by atoms with E-state index in [-0.39, 0.29) is 29.8 Å². The number of hydrogen-bond donors (Lipinski definition) is 2. The highest BCUT2D eigenvalue weighted by atomic mass is 35.5. The van der Waals surface area contributed by atoms with E-state index in [1.807, 2.05) is 18.2 Å². The molecule has 3 aromatic heterocycles. The molecule has 0 atom stereocenters. The van der Waals surface area contributed by atoms with Crippen LogP contribution in [0.2, 0.25) is 4.34 Å². The lowest BCUT2D eigenvalue weighted by Crippen LogP contribution is -2.39. The Morgan fingerprint density at radius 2 is 1.92 bits per heavy atom. The van der Waals surface area contributed by atoms with Crippen LogP contribution in [0.5, 0.6) is 0 Å². The number of halogens is 1. The summed E-state index contributed by atoms with van der Waals surface area (Å²) in [6.07, 6.45) is 4.76. The number of hydrogen-bond acceptors (Lipinski definition) is 7. The smallest absolute Gasteiger partial charge is 0.261 e. The number of pyridine rings is 1. The van der Waals surface area contributed by atoms with Crippen molar-refractivity contribution in [2.75, 3.05) is 18.0 Å². The summed E-state index contributed by atoms with van der Waals surface area (Å²) in [5.41, 5.74) is 8.30. The van der Waals surface area contributed by atoms with Crippen molar-refractivity contribution in [3.63, 3.8) is 0 Å². The van der Waals surface area contributed by atoms with Crippen molar-refractivity contribution in [2.45, 2.75) is 19.4 Å². The van der Waals surface area contributed by atoms with E-state index in [0.717, 1.165) is 11.4 Å². The van der Waals surface area contributed by atoms with E-state index in [4.69, 9.17) is 17.3 Å². The van der Waals surface area contributed by atoms with Crippen LogP contribution in [0, 0.1) is 5.92 Å². The zero-order valence-electron chi connectivity index (χ0n) is 19.7. The number of aromatic nitrogens is 4. The van der Waals surface area contributed by atoms with Crippen LogP contribution in [0.4, 0.5) is 5.69 Å². The fraction of sp³-hybridized carbons (Fsp3) is 0.240. The Morgan fingerprint density at radius 1 is 1.11 bits per heavy atom. The molecule has 0 aliphatic carbocycles. The minimum Gasteiger partial charge on any atom is -0.370 e. The quantitative estimate of drug-likeness (QED) is 0.373. The average molecular weight is 538 g/mol. The minimum absolute atomic E-state index is 0.139. The van der Waals surface area contributed by atoms with E-state index in [1.165, 1.54) is 17.4 Å². The topological polar surface area (TPSA) is 128 Å². The van der Waals surface area contributed by atoms with Crippen LogP contribution < -0.4 is 21.5 Å². The van der Waals surface area contributed by atoms with E-state index in [2.05, 4.69) is 20.5 Å². The number of benzene rings is 1. The van der Waals surface area contributed by atoms with Gasteiger partial charge in [-0.1, -0.05) is 22.9 Å². The van der Waals surface area contributed by atoms with Gasteiger partial charge < -0.3 is 16.0 Å². The SMILES string of the molecule is NC(=O)C1CCN(c2cc(-n3ccccc3=O)ccc2-n2cc(CNC(=O)c3ccc(Cl)s3)nn2)CC1. The Morgan fingerprint density at radius 3 is 2.62 bits per heavy atom. The summed E-state index contributed by atoms with van der Waals surface area (Å²) >= 11 is 7.13. The molecule has 3 N–H and O–H groups in total. The third kappa shape index (κ3) is 5.42. The van der Waals surface area contributed by atoms with Crippen molar-refractivity contribution in [1.29, 1.82) is 0 Å². The zero-order chi connectivity index (χ0) is 25.9. The van der Waals surface area contributed by atoms with Crippen molar-refractivity contribution in [1.82, 2.24) is 24.9 Å². The van der Waals surface area contributed by atoms with Crippen molar-refractivity contribution in [3.8, 4) is 11.4 Å². The maximum atomic E-state index is 12.4. The lowest BCUT2D eigenvalue weighted by atomic mass is 9.95. The zero-order valence-corrected chi connectivity index (χ0v) is 21.3. The van der Waals surface area contributed by atoms with Gasteiger partial charge in [0, 0.05) is 31.3 Å². The minimum atomic E-state index is -0.280. The molecule has 0 spiro atoms. The predicted molar refractivity (Wildman–Crippen MR) is 142 cm³/mol. The molecule has 4 heterocycles. The Hall–Kier alpha value is -3.96. The van der Waals surface area contributed by atoms with Crippen LogP contribution in [0.25, 0.3) is 11.4 Å². The molecule has 0 radical (unpaired) electrons. The van der Waals surface area contributed by atoms with Gasteiger partial charge in [0.05, 0.1) is 39.0 Å². The molecular formula is C25H24ClN7O3S. The van der Waals surface area contributed by atoms with Crippen LogP contribution in [0.1, 0.15) is 28.2 Å². The number of anilines is 1. The molecule has 190 valence electrons. The molecule has 0 saturated carbocycles. The fourth-order valence-electron chi connectivity index (χ4n) is 4.35. The summed E-state index contributed by atoms with van der Waals surface area (Å²) in [5.74, 6) is -0.668. The first-order chi connectivity index (χ1) is 17.9. The lowest BCUT2D eigenvalue weighted by Gasteiger charge is -2.33. The van der Waals surface area contributed by atoms with Crippen molar-refractivity contribution >= 4 is 40.4 Å². The van der Waals surface area contributed by atoms with E-state index < -0.39 is 0 Å². The lowest BCUT2D eigenvalue weighted by molar-refractivity contribution is -0.122. The van der Waals surface area contributed by atoms with Crippen LogP contribution >= 0.6 is 22.9 Å². The standard InChI is InChI=1S/C25H24ClN7O3S/c26-22-7-6-21(37-22)25(36)28-14-17-15-33(30-29-17)19-5-4-18(32-10-2-1-3-23(32)34)13-20(19)31-11-8-16(9-12-31)24(27)35/h1-7,10,13,15-16H,8-9,11-12,14H2,(H2,27,35)(H,28,36). The van der Waals surface area contributed by atoms with Gasteiger partial charge in [-0.25, -0.2) is 4.68 Å².